The first-order valence-electron chi connectivity index (χ1n) is 5.80. The second kappa shape index (κ2) is 4.00. The van der Waals surface area contributed by atoms with Crippen molar-refractivity contribution in [1.82, 2.24) is 9.97 Å². The highest BCUT2D eigenvalue weighted by Crippen LogP contribution is 2.29. The van der Waals surface area contributed by atoms with E-state index in [0.29, 0.717) is 37.4 Å². The number of hydrogen-bond acceptors (Lipinski definition) is 3. The summed E-state index contributed by atoms with van der Waals surface area (Å²) in [7, 11) is 0. The van der Waals surface area contributed by atoms with E-state index in [-0.39, 0.29) is 5.52 Å². The Balaban J connectivity index is 2.10. The summed E-state index contributed by atoms with van der Waals surface area (Å²) in [5.74, 6) is -0.818. The molecule has 1 saturated heterocycles. The number of H-pyrrole nitrogens is 1. The maximum atomic E-state index is 13.6. The molecule has 3 N–H and O–H groups in total. The third-order valence-electron chi connectivity index (χ3n) is 3.36. The van der Waals surface area contributed by atoms with Crippen LogP contribution in [0.15, 0.2) is 12.1 Å². The number of halogens is 2. The fourth-order valence-corrected chi connectivity index (χ4v) is 2.25. The number of ether oxygens (including phenoxy) is 1. The molecule has 3 rings (SSSR count). The third-order valence-corrected chi connectivity index (χ3v) is 3.36. The Labute approximate surface area is 102 Å². The summed E-state index contributed by atoms with van der Waals surface area (Å²) in [5, 5.41) is 0. The highest BCUT2D eigenvalue weighted by molar-refractivity contribution is 5.76. The van der Waals surface area contributed by atoms with E-state index in [9.17, 15) is 8.78 Å². The van der Waals surface area contributed by atoms with Crippen molar-refractivity contribution in [2.75, 3.05) is 13.2 Å². The van der Waals surface area contributed by atoms with Crippen LogP contribution in [0.25, 0.3) is 11.0 Å². The van der Waals surface area contributed by atoms with Crippen LogP contribution in [0.4, 0.5) is 8.78 Å². The lowest BCUT2D eigenvalue weighted by Gasteiger charge is -2.31. The summed E-state index contributed by atoms with van der Waals surface area (Å²) in [6.07, 6.45) is 1.22. The van der Waals surface area contributed by atoms with Crippen molar-refractivity contribution in [2.45, 2.75) is 18.4 Å². The highest BCUT2D eigenvalue weighted by Gasteiger charge is 2.33. The monoisotopic (exact) mass is 253 g/mol. The van der Waals surface area contributed by atoms with Gasteiger partial charge in [-0.15, -0.1) is 0 Å². The van der Waals surface area contributed by atoms with Gasteiger partial charge in [-0.2, -0.15) is 0 Å². The minimum Gasteiger partial charge on any atom is -0.381 e. The van der Waals surface area contributed by atoms with Crippen LogP contribution in [0.1, 0.15) is 18.7 Å². The molecule has 0 amide bonds. The first-order chi connectivity index (χ1) is 8.58. The van der Waals surface area contributed by atoms with Crippen LogP contribution >= 0.6 is 0 Å². The molecule has 0 atom stereocenters. The zero-order valence-electron chi connectivity index (χ0n) is 9.67. The van der Waals surface area contributed by atoms with E-state index in [2.05, 4.69) is 9.97 Å². The van der Waals surface area contributed by atoms with Gasteiger partial charge in [0.25, 0.3) is 0 Å². The Morgan fingerprint density at radius 3 is 2.72 bits per heavy atom. The van der Waals surface area contributed by atoms with Gasteiger partial charge in [0.1, 0.15) is 17.2 Å². The normalized spacial score (nSPS) is 19.3. The van der Waals surface area contributed by atoms with Crippen molar-refractivity contribution >= 4 is 11.0 Å². The third kappa shape index (κ3) is 1.77. The Kier molecular flexibility index (Phi) is 2.57. The molecule has 0 spiro atoms. The lowest BCUT2D eigenvalue weighted by molar-refractivity contribution is 0.0496. The second-order valence-corrected chi connectivity index (χ2v) is 4.64. The molecule has 1 aromatic carbocycles. The summed E-state index contributed by atoms with van der Waals surface area (Å²) in [4.78, 5) is 7.09. The predicted molar refractivity (Wildman–Crippen MR) is 61.9 cm³/mol. The quantitative estimate of drug-likeness (QED) is 0.814. The summed E-state index contributed by atoms with van der Waals surface area (Å²) < 4.78 is 31.9. The molecule has 6 heteroatoms. The van der Waals surface area contributed by atoms with E-state index in [1.807, 2.05) is 0 Å². The molecule has 0 unspecified atom stereocenters. The van der Waals surface area contributed by atoms with Crippen LogP contribution in [-0.2, 0) is 10.3 Å². The molecule has 1 fully saturated rings. The highest BCUT2D eigenvalue weighted by atomic mass is 19.1. The standard InChI is InChI=1S/C12H13F2N3O/c13-7-5-8(14)10-9(6-7)16-11(17-10)12(15)1-3-18-4-2-12/h5-6H,1-4,15H2,(H,16,17). The van der Waals surface area contributed by atoms with Crippen LogP contribution < -0.4 is 5.73 Å². The van der Waals surface area contributed by atoms with E-state index < -0.39 is 17.2 Å². The zero-order chi connectivity index (χ0) is 12.8. The van der Waals surface area contributed by atoms with Gasteiger partial charge in [-0.05, 0) is 18.9 Å². The topological polar surface area (TPSA) is 63.9 Å². The Bertz CT molecular complexity index is 590. The van der Waals surface area contributed by atoms with E-state index in [1.165, 1.54) is 6.07 Å². The van der Waals surface area contributed by atoms with Crippen molar-refractivity contribution in [3.8, 4) is 0 Å². The van der Waals surface area contributed by atoms with Crippen LogP contribution in [0.5, 0.6) is 0 Å². The lowest BCUT2D eigenvalue weighted by Crippen LogP contribution is -2.43. The fourth-order valence-electron chi connectivity index (χ4n) is 2.25. The number of nitrogens with zero attached hydrogens (tertiary/aromatic N) is 1. The maximum Gasteiger partial charge on any atom is 0.153 e. The average molecular weight is 253 g/mol. The number of hydrogen-bond donors (Lipinski definition) is 2. The minimum atomic E-state index is -0.678. The number of aromatic amines is 1. The molecule has 0 saturated carbocycles. The number of benzene rings is 1. The zero-order valence-corrected chi connectivity index (χ0v) is 9.67. The average Bonchev–Trinajstić information content (AvgIpc) is 2.74. The molecule has 2 aromatic rings. The molecule has 18 heavy (non-hydrogen) atoms. The van der Waals surface area contributed by atoms with E-state index >= 15 is 0 Å². The van der Waals surface area contributed by atoms with Crippen LogP contribution in [0.2, 0.25) is 0 Å². The van der Waals surface area contributed by atoms with Gasteiger partial charge in [0.05, 0.1) is 11.1 Å². The molecule has 0 bridgehead atoms. The Morgan fingerprint density at radius 1 is 1.28 bits per heavy atom. The van der Waals surface area contributed by atoms with E-state index in [4.69, 9.17) is 10.5 Å². The van der Waals surface area contributed by atoms with Crippen molar-refractivity contribution in [1.29, 1.82) is 0 Å². The maximum absolute atomic E-state index is 13.6. The van der Waals surface area contributed by atoms with E-state index in [0.717, 1.165) is 6.07 Å². The smallest absolute Gasteiger partial charge is 0.153 e. The fraction of sp³-hybridized carbons (Fsp3) is 0.417. The number of nitrogens with one attached hydrogen (secondary N) is 1. The predicted octanol–water partition coefficient (Wildman–Crippen LogP) is 1.81. The van der Waals surface area contributed by atoms with Gasteiger partial charge in [-0.1, -0.05) is 0 Å². The summed E-state index contributed by atoms with van der Waals surface area (Å²) in [5.41, 5.74) is 6.05. The van der Waals surface area contributed by atoms with Gasteiger partial charge in [-0.3, -0.25) is 0 Å². The summed E-state index contributed by atoms with van der Waals surface area (Å²) in [6, 6.07) is 2.04. The summed E-state index contributed by atoms with van der Waals surface area (Å²) in [6.45, 7) is 1.09. The SMILES string of the molecule is NC1(c2nc3c(F)cc(F)cc3[nH]2)CCOCC1. The molecule has 2 heterocycles. The largest absolute Gasteiger partial charge is 0.381 e. The first kappa shape index (κ1) is 11.6. The summed E-state index contributed by atoms with van der Waals surface area (Å²) >= 11 is 0. The Hall–Kier alpha value is -1.53. The molecular weight excluding hydrogens is 240 g/mol. The van der Waals surface area contributed by atoms with Crippen LogP contribution in [-0.4, -0.2) is 23.2 Å². The molecule has 1 aliphatic rings. The van der Waals surface area contributed by atoms with Gasteiger partial charge in [0.15, 0.2) is 5.82 Å². The molecular formula is C12H13F2N3O. The van der Waals surface area contributed by atoms with Gasteiger partial charge in [0.2, 0.25) is 0 Å². The molecule has 1 aliphatic heterocycles. The number of rotatable bonds is 1. The second-order valence-electron chi connectivity index (χ2n) is 4.64. The van der Waals surface area contributed by atoms with Gasteiger partial charge in [-0.25, -0.2) is 13.8 Å². The molecule has 96 valence electrons. The van der Waals surface area contributed by atoms with Crippen LogP contribution in [0, 0.1) is 11.6 Å². The minimum absolute atomic E-state index is 0.128. The van der Waals surface area contributed by atoms with Gasteiger partial charge in [0, 0.05) is 19.3 Å². The van der Waals surface area contributed by atoms with Gasteiger partial charge < -0.3 is 15.5 Å². The number of nitrogens with two attached hydrogens (primary N) is 1. The van der Waals surface area contributed by atoms with Crippen LogP contribution in [0.3, 0.4) is 0 Å². The first-order valence-corrected chi connectivity index (χ1v) is 5.80. The van der Waals surface area contributed by atoms with Crippen molar-refractivity contribution in [3.05, 3.63) is 29.6 Å². The van der Waals surface area contributed by atoms with E-state index in [1.54, 1.807) is 0 Å². The molecule has 0 aliphatic carbocycles. The van der Waals surface area contributed by atoms with Crippen molar-refractivity contribution in [2.24, 2.45) is 5.73 Å². The number of aromatic nitrogens is 2. The molecule has 0 radical (unpaired) electrons. The number of imidazole rings is 1. The van der Waals surface area contributed by atoms with Crippen molar-refractivity contribution < 1.29 is 13.5 Å². The molecule has 1 aromatic heterocycles. The van der Waals surface area contributed by atoms with Gasteiger partial charge >= 0.3 is 0 Å². The number of fused-ring (bicyclic) bond motifs is 1. The lowest BCUT2D eigenvalue weighted by atomic mass is 9.91. The molecule has 4 nitrogen and oxygen atoms in total. The van der Waals surface area contributed by atoms with Crippen molar-refractivity contribution in [3.63, 3.8) is 0 Å². The Morgan fingerprint density at radius 2 is 2.00 bits per heavy atom.